The quantitative estimate of drug-likeness (QED) is 0.794. The molecule has 0 bridgehead atoms. The van der Waals surface area contributed by atoms with Gasteiger partial charge in [-0.25, -0.2) is 0 Å². The molecule has 0 aromatic rings. The van der Waals surface area contributed by atoms with Crippen LogP contribution in [0.25, 0.3) is 0 Å². The van der Waals surface area contributed by atoms with Crippen molar-refractivity contribution in [3.63, 3.8) is 0 Å². The molecule has 2 amide bonds. The van der Waals surface area contributed by atoms with E-state index in [2.05, 4.69) is 4.90 Å². The summed E-state index contributed by atoms with van der Waals surface area (Å²) >= 11 is 0. The van der Waals surface area contributed by atoms with E-state index in [4.69, 9.17) is 4.74 Å². The first kappa shape index (κ1) is 16.4. The van der Waals surface area contributed by atoms with Crippen LogP contribution in [0.2, 0.25) is 0 Å². The average molecular weight is 334 g/mol. The summed E-state index contributed by atoms with van der Waals surface area (Å²) in [5.41, 5.74) is -0.176. The highest BCUT2D eigenvalue weighted by Gasteiger charge is 2.47. The van der Waals surface area contributed by atoms with E-state index in [1.54, 1.807) is 0 Å². The summed E-state index contributed by atoms with van der Waals surface area (Å²) in [7, 11) is 0. The largest absolute Gasteiger partial charge is 0.381 e. The molecule has 1 atom stereocenters. The van der Waals surface area contributed by atoms with Crippen molar-refractivity contribution in [1.82, 2.24) is 9.80 Å². The predicted octanol–water partition coefficient (Wildman–Crippen LogP) is 2.05. The van der Waals surface area contributed by atoms with Gasteiger partial charge in [-0.3, -0.25) is 9.59 Å². The van der Waals surface area contributed by atoms with Crippen molar-refractivity contribution in [1.29, 1.82) is 0 Å². The number of hydrogen-bond donors (Lipinski definition) is 0. The zero-order valence-corrected chi connectivity index (χ0v) is 14.7. The summed E-state index contributed by atoms with van der Waals surface area (Å²) in [5, 5.41) is 0. The average Bonchev–Trinajstić information content (AvgIpc) is 3.09. The van der Waals surface area contributed by atoms with Gasteiger partial charge in [0.05, 0.1) is 17.9 Å². The second-order valence-corrected chi connectivity index (χ2v) is 8.32. The van der Waals surface area contributed by atoms with Crippen molar-refractivity contribution >= 4 is 11.8 Å². The number of likely N-dealkylation sites (tertiary alicyclic amines) is 2. The second-order valence-electron chi connectivity index (χ2n) is 8.32. The standard InChI is InChI=1S/C19H30N2O3/c22-17(16-5-12-24-14-16)20-10-7-19(8-11-20)6-2-9-21(18(19)23)13-15-3-1-4-15/h15-16H,1-14H2/t16-/m1/s1. The molecular weight excluding hydrogens is 304 g/mol. The molecule has 3 aliphatic heterocycles. The molecule has 0 N–H and O–H groups in total. The topological polar surface area (TPSA) is 49.9 Å². The van der Waals surface area contributed by atoms with E-state index in [9.17, 15) is 9.59 Å². The molecule has 134 valence electrons. The highest BCUT2D eigenvalue weighted by molar-refractivity contribution is 5.84. The Labute approximate surface area is 144 Å². The van der Waals surface area contributed by atoms with Crippen molar-refractivity contribution in [3.05, 3.63) is 0 Å². The summed E-state index contributed by atoms with van der Waals surface area (Å²) in [6.07, 6.45) is 8.63. The fourth-order valence-electron chi connectivity index (χ4n) is 4.92. The number of nitrogens with zero attached hydrogens (tertiary/aromatic N) is 2. The summed E-state index contributed by atoms with van der Waals surface area (Å²) in [6.45, 7) is 4.70. The van der Waals surface area contributed by atoms with Crippen LogP contribution < -0.4 is 0 Å². The molecule has 5 nitrogen and oxygen atoms in total. The van der Waals surface area contributed by atoms with Gasteiger partial charge in [0.1, 0.15) is 0 Å². The lowest BCUT2D eigenvalue weighted by atomic mass is 9.71. The molecule has 1 spiro atoms. The first-order valence-electron chi connectivity index (χ1n) is 9.84. The van der Waals surface area contributed by atoms with Crippen molar-refractivity contribution in [2.24, 2.45) is 17.3 Å². The number of amides is 2. The Hall–Kier alpha value is -1.10. The zero-order valence-electron chi connectivity index (χ0n) is 14.7. The van der Waals surface area contributed by atoms with E-state index >= 15 is 0 Å². The number of hydrogen-bond acceptors (Lipinski definition) is 3. The van der Waals surface area contributed by atoms with Crippen molar-refractivity contribution in [3.8, 4) is 0 Å². The molecule has 1 saturated carbocycles. The Balaban J connectivity index is 1.35. The Bertz CT molecular complexity index is 489. The molecule has 3 saturated heterocycles. The third-order valence-corrected chi connectivity index (χ3v) is 6.84. The number of rotatable bonds is 3. The fraction of sp³-hybridized carbons (Fsp3) is 0.895. The highest BCUT2D eigenvalue weighted by Crippen LogP contribution is 2.42. The molecular formula is C19H30N2O3. The molecule has 0 unspecified atom stereocenters. The first-order valence-corrected chi connectivity index (χ1v) is 9.84. The molecule has 4 aliphatic rings. The van der Waals surface area contributed by atoms with E-state index in [0.29, 0.717) is 19.1 Å². The predicted molar refractivity (Wildman–Crippen MR) is 90.3 cm³/mol. The molecule has 0 radical (unpaired) electrons. The minimum absolute atomic E-state index is 0.0521. The third kappa shape index (κ3) is 2.96. The second kappa shape index (κ2) is 6.66. The van der Waals surface area contributed by atoms with Crippen LogP contribution in [0.5, 0.6) is 0 Å². The van der Waals surface area contributed by atoms with Gasteiger partial charge in [0.25, 0.3) is 0 Å². The Morgan fingerprint density at radius 3 is 2.50 bits per heavy atom. The first-order chi connectivity index (χ1) is 11.7. The van der Waals surface area contributed by atoms with Gasteiger partial charge >= 0.3 is 0 Å². The molecule has 3 heterocycles. The Kier molecular flexibility index (Phi) is 4.54. The van der Waals surface area contributed by atoms with Gasteiger partial charge in [0.15, 0.2) is 0 Å². The van der Waals surface area contributed by atoms with E-state index in [1.165, 1.54) is 19.3 Å². The summed E-state index contributed by atoms with van der Waals surface area (Å²) in [4.78, 5) is 29.8. The maximum absolute atomic E-state index is 13.1. The lowest BCUT2D eigenvalue weighted by molar-refractivity contribution is -0.154. The van der Waals surface area contributed by atoms with Crippen LogP contribution in [0.3, 0.4) is 0 Å². The van der Waals surface area contributed by atoms with E-state index in [1.807, 2.05) is 4.90 Å². The molecule has 4 rings (SSSR count). The SMILES string of the molecule is O=C([C@@H]1CCOC1)N1CCC2(CCCN(CC3CCC3)C2=O)CC1. The maximum atomic E-state index is 13.1. The van der Waals surface area contributed by atoms with Crippen molar-refractivity contribution in [2.45, 2.75) is 51.4 Å². The van der Waals surface area contributed by atoms with Crippen LogP contribution in [-0.4, -0.2) is 61.0 Å². The monoisotopic (exact) mass is 334 g/mol. The molecule has 5 heteroatoms. The summed E-state index contributed by atoms with van der Waals surface area (Å²) < 4.78 is 5.35. The van der Waals surface area contributed by atoms with E-state index in [-0.39, 0.29) is 17.2 Å². The minimum Gasteiger partial charge on any atom is -0.381 e. The lowest BCUT2D eigenvalue weighted by Crippen LogP contribution is -2.55. The van der Waals surface area contributed by atoms with Gasteiger partial charge in [0.2, 0.25) is 11.8 Å². The zero-order chi connectivity index (χ0) is 16.6. The van der Waals surface area contributed by atoms with Gasteiger partial charge in [-0.1, -0.05) is 6.42 Å². The van der Waals surface area contributed by atoms with Crippen molar-refractivity contribution < 1.29 is 14.3 Å². The molecule has 24 heavy (non-hydrogen) atoms. The van der Waals surface area contributed by atoms with Crippen LogP contribution in [0.15, 0.2) is 0 Å². The fourth-order valence-corrected chi connectivity index (χ4v) is 4.92. The Morgan fingerprint density at radius 2 is 1.88 bits per heavy atom. The smallest absolute Gasteiger partial charge is 0.228 e. The van der Waals surface area contributed by atoms with E-state index < -0.39 is 0 Å². The number of ether oxygens (including phenoxy) is 1. The third-order valence-electron chi connectivity index (χ3n) is 6.84. The summed E-state index contributed by atoms with van der Waals surface area (Å²) in [6, 6.07) is 0. The van der Waals surface area contributed by atoms with Gasteiger partial charge in [-0.05, 0) is 50.9 Å². The van der Waals surface area contributed by atoms with Crippen LogP contribution in [-0.2, 0) is 14.3 Å². The molecule has 0 aromatic heterocycles. The van der Waals surface area contributed by atoms with Gasteiger partial charge in [-0.2, -0.15) is 0 Å². The number of carbonyl (C=O) groups excluding carboxylic acids is 2. The lowest BCUT2D eigenvalue weighted by Gasteiger charge is -2.47. The molecule has 0 aromatic carbocycles. The van der Waals surface area contributed by atoms with Crippen LogP contribution in [0, 0.1) is 17.3 Å². The Morgan fingerprint density at radius 1 is 1.08 bits per heavy atom. The number of piperidine rings is 2. The van der Waals surface area contributed by atoms with Crippen LogP contribution >= 0.6 is 0 Å². The van der Waals surface area contributed by atoms with Gasteiger partial charge in [-0.15, -0.1) is 0 Å². The van der Waals surface area contributed by atoms with Gasteiger partial charge in [0, 0.05) is 32.8 Å². The molecule has 1 aliphatic carbocycles. The normalized spacial score (nSPS) is 30.7. The highest BCUT2D eigenvalue weighted by atomic mass is 16.5. The van der Waals surface area contributed by atoms with Crippen molar-refractivity contribution in [2.75, 3.05) is 39.4 Å². The summed E-state index contributed by atoms with van der Waals surface area (Å²) in [5.74, 6) is 1.43. The minimum atomic E-state index is -0.176. The van der Waals surface area contributed by atoms with Crippen LogP contribution in [0.4, 0.5) is 0 Å². The number of carbonyl (C=O) groups is 2. The van der Waals surface area contributed by atoms with Crippen LogP contribution in [0.1, 0.15) is 51.4 Å². The van der Waals surface area contributed by atoms with E-state index in [0.717, 1.165) is 64.2 Å². The maximum Gasteiger partial charge on any atom is 0.228 e. The van der Waals surface area contributed by atoms with Gasteiger partial charge < -0.3 is 14.5 Å². The molecule has 4 fully saturated rings.